The number of amides is 1. The van der Waals surface area contributed by atoms with Crippen LogP contribution in [0.5, 0.6) is 0 Å². The Bertz CT molecular complexity index is 474. The molecule has 0 fully saturated rings. The van der Waals surface area contributed by atoms with Gasteiger partial charge in [0.2, 0.25) is 0 Å². The molecule has 0 aliphatic rings. The van der Waals surface area contributed by atoms with Gasteiger partial charge in [0.25, 0.3) is 5.91 Å². The Morgan fingerprint density at radius 3 is 2.50 bits per heavy atom. The van der Waals surface area contributed by atoms with Crippen molar-refractivity contribution in [1.29, 1.82) is 0 Å². The summed E-state index contributed by atoms with van der Waals surface area (Å²) >= 11 is 0. The van der Waals surface area contributed by atoms with Gasteiger partial charge in [0.15, 0.2) is 0 Å². The summed E-state index contributed by atoms with van der Waals surface area (Å²) in [5, 5.41) is 0. The van der Waals surface area contributed by atoms with E-state index in [4.69, 9.17) is 5.73 Å². The summed E-state index contributed by atoms with van der Waals surface area (Å²) in [7, 11) is 0. The molecular weight excluding hydrogens is 276 g/mol. The fourth-order valence-electron chi connectivity index (χ4n) is 1.72. The normalized spacial score (nSPS) is 11.4. The Labute approximate surface area is 114 Å². The van der Waals surface area contributed by atoms with Gasteiger partial charge in [-0.05, 0) is 24.6 Å². The second-order valence-electron chi connectivity index (χ2n) is 4.43. The van der Waals surface area contributed by atoms with Gasteiger partial charge in [-0.25, -0.2) is 4.39 Å². The van der Waals surface area contributed by atoms with Gasteiger partial charge in [0, 0.05) is 12.2 Å². The summed E-state index contributed by atoms with van der Waals surface area (Å²) in [5.74, 6) is -1.48. The van der Waals surface area contributed by atoms with E-state index in [2.05, 4.69) is 0 Å². The monoisotopic (exact) mass is 292 g/mol. The van der Waals surface area contributed by atoms with Gasteiger partial charge >= 0.3 is 6.18 Å². The lowest BCUT2D eigenvalue weighted by Gasteiger charge is -2.24. The number of nitrogens with two attached hydrogens (primary N) is 1. The minimum absolute atomic E-state index is 0.0222. The quantitative estimate of drug-likeness (QED) is 0.669. The molecule has 7 heteroatoms. The molecule has 0 saturated heterocycles. The predicted molar refractivity (Wildman–Crippen MR) is 67.7 cm³/mol. The van der Waals surface area contributed by atoms with Crippen LogP contribution in [0, 0.1) is 5.82 Å². The zero-order valence-electron chi connectivity index (χ0n) is 11.0. The van der Waals surface area contributed by atoms with E-state index in [-0.39, 0.29) is 17.8 Å². The summed E-state index contributed by atoms with van der Waals surface area (Å²) in [4.78, 5) is 12.8. The first kappa shape index (κ1) is 16.3. The summed E-state index contributed by atoms with van der Waals surface area (Å²) in [5.41, 5.74) is 5.20. The highest BCUT2D eigenvalue weighted by molar-refractivity contribution is 5.99. The molecule has 1 aromatic carbocycles. The molecule has 112 valence electrons. The first-order valence-corrected chi connectivity index (χ1v) is 6.15. The van der Waals surface area contributed by atoms with Crippen LogP contribution >= 0.6 is 0 Å². The van der Waals surface area contributed by atoms with E-state index in [0.29, 0.717) is 17.7 Å². The van der Waals surface area contributed by atoms with Crippen molar-refractivity contribution in [2.75, 3.05) is 18.8 Å². The number of unbranched alkanes of at least 4 members (excludes halogenated alkanes) is 1. The van der Waals surface area contributed by atoms with Gasteiger partial charge in [-0.3, -0.25) is 4.79 Å². The van der Waals surface area contributed by atoms with Crippen LogP contribution < -0.4 is 5.73 Å². The summed E-state index contributed by atoms with van der Waals surface area (Å²) in [6.45, 7) is 0.441. The fourth-order valence-corrected chi connectivity index (χ4v) is 1.72. The van der Waals surface area contributed by atoms with Gasteiger partial charge in [-0.1, -0.05) is 13.3 Å². The third kappa shape index (κ3) is 4.71. The minimum atomic E-state index is -4.49. The van der Waals surface area contributed by atoms with E-state index in [1.54, 1.807) is 0 Å². The molecule has 0 atom stereocenters. The number of halogens is 4. The zero-order valence-corrected chi connectivity index (χ0v) is 11.0. The number of rotatable bonds is 5. The molecule has 0 bridgehead atoms. The number of hydrogen-bond acceptors (Lipinski definition) is 2. The van der Waals surface area contributed by atoms with Crippen molar-refractivity contribution in [3.8, 4) is 0 Å². The van der Waals surface area contributed by atoms with Crippen molar-refractivity contribution >= 4 is 11.6 Å². The summed E-state index contributed by atoms with van der Waals surface area (Å²) < 4.78 is 50.4. The van der Waals surface area contributed by atoms with Crippen LogP contribution in [0.1, 0.15) is 30.1 Å². The largest absolute Gasteiger partial charge is 0.406 e. The third-order valence-electron chi connectivity index (χ3n) is 2.68. The van der Waals surface area contributed by atoms with Crippen LogP contribution in [0.4, 0.5) is 23.2 Å². The molecule has 0 heterocycles. The second kappa shape index (κ2) is 6.58. The van der Waals surface area contributed by atoms with Gasteiger partial charge < -0.3 is 10.6 Å². The molecule has 0 unspecified atom stereocenters. The van der Waals surface area contributed by atoms with Crippen LogP contribution in [0.15, 0.2) is 18.2 Å². The van der Waals surface area contributed by atoms with E-state index in [9.17, 15) is 22.4 Å². The number of alkyl halides is 3. The van der Waals surface area contributed by atoms with Crippen molar-refractivity contribution in [2.24, 2.45) is 0 Å². The molecule has 1 aromatic rings. The maximum atomic E-state index is 12.9. The molecule has 1 rings (SSSR count). The van der Waals surface area contributed by atoms with E-state index >= 15 is 0 Å². The second-order valence-corrected chi connectivity index (χ2v) is 4.43. The maximum Gasteiger partial charge on any atom is 0.406 e. The van der Waals surface area contributed by atoms with Gasteiger partial charge in [-0.15, -0.1) is 0 Å². The SMILES string of the molecule is CCCCN(CC(F)(F)F)C(=O)c1ccc(F)cc1N. The van der Waals surface area contributed by atoms with Gasteiger partial charge in [-0.2, -0.15) is 13.2 Å². The van der Waals surface area contributed by atoms with Crippen LogP contribution in [0.3, 0.4) is 0 Å². The Hall–Kier alpha value is -1.79. The number of carbonyl (C=O) groups is 1. The molecule has 0 aliphatic heterocycles. The highest BCUT2D eigenvalue weighted by atomic mass is 19.4. The third-order valence-corrected chi connectivity index (χ3v) is 2.68. The number of benzene rings is 1. The standard InChI is InChI=1S/C13H16F4N2O/c1-2-3-6-19(8-13(15,16)17)12(20)10-5-4-9(14)7-11(10)18/h4-5,7H,2-3,6,8,18H2,1H3. The molecule has 0 saturated carbocycles. The van der Waals surface area contributed by atoms with Crippen LogP contribution in [-0.2, 0) is 0 Å². The predicted octanol–water partition coefficient (Wildman–Crippen LogP) is 3.21. The molecule has 1 amide bonds. The lowest BCUT2D eigenvalue weighted by atomic mass is 10.1. The number of anilines is 1. The average molecular weight is 292 g/mol. The van der Waals surface area contributed by atoms with E-state index in [1.807, 2.05) is 6.92 Å². The molecule has 0 radical (unpaired) electrons. The first-order chi connectivity index (χ1) is 9.24. The Morgan fingerprint density at radius 1 is 1.35 bits per heavy atom. The van der Waals surface area contributed by atoms with Crippen LogP contribution in [-0.4, -0.2) is 30.1 Å². The first-order valence-electron chi connectivity index (χ1n) is 6.15. The molecule has 20 heavy (non-hydrogen) atoms. The number of nitrogens with zero attached hydrogens (tertiary/aromatic N) is 1. The van der Waals surface area contributed by atoms with E-state index in [0.717, 1.165) is 18.2 Å². The molecule has 2 N–H and O–H groups in total. The molecule has 0 spiro atoms. The van der Waals surface area contributed by atoms with Crippen LogP contribution in [0.25, 0.3) is 0 Å². The van der Waals surface area contributed by atoms with Crippen molar-refractivity contribution in [3.63, 3.8) is 0 Å². The molecule has 0 aromatic heterocycles. The topological polar surface area (TPSA) is 46.3 Å². The smallest absolute Gasteiger partial charge is 0.398 e. The average Bonchev–Trinajstić information content (AvgIpc) is 2.32. The van der Waals surface area contributed by atoms with E-state index in [1.165, 1.54) is 0 Å². The van der Waals surface area contributed by atoms with Crippen molar-refractivity contribution in [1.82, 2.24) is 4.90 Å². The molecule has 0 aliphatic carbocycles. The number of nitrogen functional groups attached to an aromatic ring is 1. The lowest BCUT2D eigenvalue weighted by molar-refractivity contribution is -0.140. The Morgan fingerprint density at radius 2 is 2.00 bits per heavy atom. The molecular formula is C13H16F4N2O. The highest BCUT2D eigenvalue weighted by Crippen LogP contribution is 2.21. The van der Waals surface area contributed by atoms with Gasteiger partial charge in [0.05, 0.1) is 5.56 Å². The number of carbonyl (C=O) groups excluding carboxylic acids is 1. The van der Waals surface area contributed by atoms with Crippen molar-refractivity contribution in [2.45, 2.75) is 25.9 Å². The van der Waals surface area contributed by atoms with Crippen molar-refractivity contribution < 1.29 is 22.4 Å². The Kier molecular flexibility index (Phi) is 5.35. The van der Waals surface area contributed by atoms with Gasteiger partial charge in [0.1, 0.15) is 12.4 Å². The minimum Gasteiger partial charge on any atom is -0.398 e. The van der Waals surface area contributed by atoms with Crippen molar-refractivity contribution in [3.05, 3.63) is 29.6 Å². The highest BCUT2D eigenvalue weighted by Gasteiger charge is 2.33. The van der Waals surface area contributed by atoms with E-state index < -0.39 is 24.4 Å². The Balaban J connectivity index is 2.96. The number of hydrogen-bond donors (Lipinski definition) is 1. The molecule has 3 nitrogen and oxygen atoms in total. The lowest BCUT2D eigenvalue weighted by Crippen LogP contribution is -2.39. The maximum absolute atomic E-state index is 12.9. The zero-order chi connectivity index (χ0) is 15.3. The summed E-state index contributed by atoms with van der Waals surface area (Å²) in [6, 6.07) is 3.01. The summed E-state index contributed by atoms with van der Waals surface area (Å²) in [6.07, 6.45) is -3.39. The fraction of sp³-hybridized carbons (Fsp3) is 0.462. The van der Waals surface area contributed by atoms with Crippen LogP contribution in [0.2, 0.25) is 0 Å².